The van der Waals surface area contributed by atoms with Crippen molar-refractivity contribution in [1.29, 1.82) is 0 Å². The average molecular weight is 357 g/mol. The molecule has 0 heterocycles. The van der Waals surface area contributed by atoms with Gasteiger partial charge in [-0.1, -0.05) is 28.9 Å². The molecule has 116 valence electrons. The van der Waals surface area contributed by atoms with E-state index in [0.29, 0.717) is 18.9 Å². The zero-order valence-corrected chi connectivity index (χ0v) is 13.6. The molecule has 1 atom stereocenters. The van der Waals surface area contributed by atoms with E-state index < -0.39 is 5.97 Å². The van der Waals surface area contributed by atoms with E-state index in [9.17, 15) is 9.59 Å². The van der Waals surface area contributed by atoms with Crippen molar-refractivity contribution in [3.63, 3.8) is 0 Å². The third-order valence-corrected chi connectivity index (χ3v) is 3.55. The summed E-state index contributed by atoms with van der Waals surface area (Å²) in [7, 11) is 0. The van der Waals surface area contributed by atoms with Crippen molar-refractivity contribution >= 4 is 33.5 Å². The molecule has 1 aromatic rings. The smallest absolute Gasteiger partial charge is 0.303 e. The highest BCUT2D eigenvalue weighted by Gasteiger charge is 2.06. The van der Waals surface area contributed by atoms with E-state index in [4.69, 9.17) is 5.11 Å². The number of anilines is 1. The number of hydrogen-bond acceptors (Lipinski definition) is 3. The van der Waals surface area contributed by atoms with E-state index in [1.807, 2.05) is 31.2 Å². The molecule has 0 aliphatic carbocycles. The summed E-state index contributed by atoms with van der Waals surface area (Å²) in [5.41, 5.74) is 0.756. The van der Waals surface area contributed by atoms with Crippen LogP contribution in [-0.4, -0.2) is 30.1 Å². The molecule has 21 heavy (non-hydrogen) atoms. The third kappa shape index (κ3) is 8.47. The first kappa shape index (κ1) is 17.7. The largest absolute Gasteiger partial charge is 0.481 e. The number of carboxylic acids is 1. The van der Waals surface area contributed by atoms with Crippen LogP contribution in [-0.2, 0) is 9.59 Å². The Balaban J connectivity index is 2.15. The van der Waals surface area contributed by atoms with Gasteiger partial charge in [0, 0.05) is 16.6 Å². The predicted molar refractivity (Wildman–Crippen MR) is 86.3 cm³/mol. The number of aliphatic carboxylic acids is 1. The molecule has 1 unspecified atom stereocenters. The second kappa shape index (κ2) is 9.52. The zero-order valence-electron chi connectivity index (χ0n) is 12.1. The van der Waals surface area contributed by atoms with Crippen LogP contribution in [0, 0.1) is 5.92 Å². The summed E-state index contributed by atoms with van der Waals surface area (Å²) in [6, 6.07) is 7.42. The van der Waals surface area contributed by atoms with Gasteiger partial charge in [0.05, 0.1) is 6.54 Å². The first-order chi connectivity index (χ1) is 9.97. The van der Waals surface area contributed by atoms with Crippen LogP contribution in [0.5, 0.6) is 0 Å². The van der Waals surface area contributed by atoms with Crippen LogP contribution in [0.2, 0.25) is 0 Å². The van der Waals surface area contributed by atoms with Gasteiger partial charge in [-0.2, -0.15) is 0 Å². The minimum atomic E-state index is -0.761. The molecule has 1 amide bonds. The molecule has 0 radical (unpaired) electrons. The molecule has 0 aliphatic rings. The van der Waals surface area contributed by atoms with Crippen LogP contribution >= 0.6 is 15.9 Å². The summed E-state index contributed by atoms with van der Waals surface area (Å²) in [5, 5.41) is 14.5. The van der Waals surface area contributed by atoms with Gasteiger partial charge in [-0.3, -0.25) is 9.59 Å². The Hall–Kier alpha value is -1.40. The maximum atomic E-state index is 11.7. The van der Waals surface area contributed by atoms with Gasteiger partial charge in [-0.05, 0) is 43.5 Å². The van der Waals surface area contributed by atoms with Crippen molar-refractivity contribution in [2.24, 2.45) is 5.92 Å². The van der Waals surface area contributed by atoms with Crippen LogP contribution in [0.25, 0.3) is 0 Å². The number of rotatable bonds is 9. The van der Waals surface area contributed by atoms with Crippen molar-refractivity contribution in [2.45, 2.75) is 26.2 Å². The molecule has 0 fully saturated rings. The first-order valence-electron chi connectivity index (χ1n) is 6.95. The second-order valence-electron chi connectivity index (χ2n) is 5.06. The van der Waals surface area contributed by atoms with E-state index in [2.05, 4.69) is 26.6 Å². The molecule has 0 saturated carbocycles. The SMILES string of the molecule is CC(CCNCC(=O)Nc1cccc(Br)c1)CCC(=O)O. The molecule has 0 spiro atoms. The molecule has 0 bridgehead atoms. The molecular weight excluding hydrogens is 336 g/mol. The van der Waals surface area contributed by atoms with Crippen molar-refractivity contribution in [3.05, 3.63) is 28.7 Å². The monoisotopic (exact) mass is 356 g/mol. The van der Waals surface area contributed by atoms with Crippen LogP contribution in [0.3, 0.4) is 0 Å². The summed E-state index contributed by atoms with van der Waals surface area (Å²) in [5.74, 6) is -0.517. The Kier molecular flexibility index (Phi) is 8.00. The maximum Gasteiger partial charge on any atom is 0.303 e. The van der Waals surface area contributed by atoms with Crippen molar-refractivity contribution in [3.8, 4) is 0 Å². The van der Waals surface area contributed by atoms with Crippen molar-refractivity contribution < 1.29 is 14.7 Å². The fourth-order valence-electron chi connectivity index (χ4n) is 1.84. The molecule has 1 rings (SSSR count). The lowest BCUT2D eigenvalue weighted by Gasteiger charge is -2.11. The molecule has 6 heteroatoms. The highest BCUT2D eigenvalue weighted by Crippen LogP contribution is 2.15. The fourth-order valence-corrected chi connectivity index (χ4v) is 2.24. The summed E-state index contributed by atoms with van der Waals surface area (Å²) < 4.78 is 0.917. The lowest BCUT2D eigenvalue weighted by molar-refractivity contribution is -0.137. The Labute approximate surface area is 133 Å². The Morgan fingerprint density at radius 3 is 2.76 bits per heavy atom. The summed E-state index contributed by atoms with van der Waals surface area (Å²) >= 11 is 3.35. The van der Waals surface area contributed by atoms with Crippen LogP contribution < -0.4 is 10.6 Å². The zero-order chi connectivity index (χ0) is 15.7. The number of carboxylic acid groups (broad SMARTS) is 1. The number of hydrogen-bond donors (Lipinski definition) is 3. The molecule has 0 aromatic heterocycles. The van der Waals surface area contributed by atoms with Gasteiger partial charge in [0.1, 0.15) is 0 Å². The second-order valence-corrected chi connectivity index (χ2v) is 5.98. The van der Waals surface area contributed by atoms with Gasteiger partial charge < -0.3 is 15.7 Å². The van der Waals surface area contributed by atoms with Gasteiger partial charge >= 0.3 is 5.97 Å². The number of carbonyl (C=O) groups is 2. The summed E-state index contributed by atoms with van der Waals surface area (Å²) in [6.45, 7) is 2.97. The minimum Gasteiger partial charge on any atom is -0.481 e. The average Bonchev–Trinajstić information content (AvgIpc) is 2.41. The van der Waals surface area contributed by atoms with Gasteiger partial charge in [0.25, 0.3) is 0 Å². The van der Waals surface area contributed by atoms with E-state index >= 15 is 0 Å². The highest BCUT2D eigenvalue weighted by atomic mass is 79.9. The quantitative estimate of drug-likeness (QED) is 0.594. The van der Waals surface area contributed by atoms with Crippen LogP contribution in [0.15, 0.2) is 28.7 Å². The number of nitrogens with one attached hydrogen (secondary N) is 2. The molecule has 3 N–H and O–H groups in total. The van der Waals surface area contributed by atoms with Gasteiger partial charge in [0.2, 0.25) is 5.91 Å². The van der Waals surface area contributed by atoms with Gasteiger partial charge in [-0.15, -0.1) is 0 Å². The number of carbonyl (C=O) groups excluding carboxylic acids is 1. The van der Waals surface area contributed by atoms with Gasteiger partial charge in [0.15, 0.2) is 0 Å². The van der Waals surface area contributed by atoms with E-state index in [0.717, 1.165) is 16.6 Å². The number of halogens is 1. The van der Waals surface area contributed by atoms with Crippen LogP contribution in [0.1, 0.15) is 26.2 Å². The van der Waals surface area contributed by atoms with Crippen molar-refractivity contribution in [2.75, 3.05) is 18.4 Å². The third-order valence-electron chi connectivity index (χ3n) is 3.06. The molecule has 0 saturated heterocycles. The minimum absolute atomic E-state index is 0.0914. The number of benzene rings is 1. The highest BCUT2D eigenvalue weighted by molar-refractivity contribution is 9.10. The maximum absolute atomic E-state index is 11.7. The molecule has 0 aliphatic heterocycles. The Bertz CT molecular complexity index is 480. The lowest BCUT2D eigenvalue weighted by atomic mass is 10.0. The molecule has 1 aromatic carbocycles. The van der Waals surface area contributed by atoms with E-state index in [1.165, 1.54) is 0 Å². The fraction of sp³-hybridized carbons (Fsp3) is 0.467. The molecule has 5 nitrogen and oxygen atoms in total. The normalized spacial score (nSPS) is 11.9. The van der Waals surface area contributed by atoms with Gasteiger partial charge in [-0.25, -0.2) is 0 Å². The summed E-state index contributed by atoms with van der Waals surface area (Å²) in [6.07, 6.45) is 1.73. The topological polar surface area (TPSA) is 78.4 Å². The summed E-state index contributed by atoms with van der Waals surface area (Å²) in [4.78, 5) is 22.2. The standard InChI is InChI=1S/C15H21BrN2O3/c1-11(5-6-15(20)21)7-8-17-10-14(19)18-13-4-2-3-12(16)9-13/h2-4,9,11,17H,5-8,10H2,1H3,(H,18,19)(H,20,21). The Morgan fingerprint density at radius 2 is 2.10 bits per heavy atom. The Morgan fingerprint density at radius 1 is 1.33 bits per heavy atom. The first-order valence-corrected chi connectivity index (χ1v) is 7.74. The predicted octanol–water partition coefficient (Wildman–Crippen LogP) is 2.87. The van der Waals surface area contributed by atoms with E-state index in [-0.39, 0.29) is 18.9 Å². The lowest BCUT2D eigenvalue weighted by Crippen LogP contribution is -2.29. The van der Waals surface area contributed by atoms with E-state index in [1.54, 1.807) is 0 Å². The van der Waals surface area contributed by atoms with Crippen LogP contribution in [0.4, 0.5) is 5.69 Å². The molecular formula is C15H21BrN2O3. The van der Waals surface area contributed by atoms with Crippen molar-refractivity contribution in [1.82, 2.24) is 5.32 Å². The number of amides is 1.